The van der Waals surface area contributed by atoms with Gasteiger partial charge in [0.25, 0.3) is 0 Å². The van der Waals surface area contributed by atoms with Crippen molar-refractivity contribution in [2.24, 2.45) is 5.73 Å². The molecule has 2 aromatic rings. The van der Waals surface area contributed by atoms with Gasteiger partial charge in [0, 0.05) is 12.5 Å². The molecule has 5 heteroatoms. The van der Waals surface area contributed by atoms with Crippen molar-refractivity contribution in [3.63, 3.8) is 0 Å². The van der Waals surface area contributed by atoms with Gasteiger partial charge in [0.1, 0.15) is 11.6 Å². The van der Waals surface area contributed by atoms with Gasteiger partial charge >= 0.3 is 0 Å². The molecular weight excluding hydrogens is 178 g/mol. The lowest BCUT2D eigenvalue weighted by molar-refractivity contribution is 0.727. The van der Waals surface area contributed by atoms with Gasteiger partial charge in [-0.1, -0.05) is 6.92 Å². The van der Waals surface area contributed by atoms with Crippen LogP contribution in [-0.4, -0.2) is 21.5 Å². The second-order valence-corrected chi connectivity index (χ2v) is 3.37. The maximum Gasteiger partial charge on any atom is 0.179 e. The molecule has 0 saturated heterocycles. The fourth-order valence-electron chi connectivity index (χ4n) is 1.27. The van der Waals surface area contributed by atoms with Gasteiger partial charge in [-0.05, 0) is 12.1 Å². The number of rotatable bonds is 2. The molecule has 14 heavy (non-hydrogen) atoms. The van der Waals surface area contributed by atoms with Crippen LogP contribution in [-0.2, 0) is 0 Å². The molecule has 1 unspecified atom stereocenters. The molecule has 0 aromatic carbocycles. The first kappa shape index (κ1) is 8.96. The average molecular weight is 191 g/mol. The fourth-order valence-corrected chi connectivity index (χ4v) is 1.27. The van der Waals surface area contributed by atoms with Gasteiger partial charge in [-0.25, -0.2) is 9.97 Å². The number of nitrogens with zero attached hydrogens (tertiary/aromatic N) is 2. The Morgan fingerprint density at radius 2 is 2.21 bits per heavy atom. The smallest absolute Gasteiger partial charge is 0.179 e. The van der Waals surface area contributed by atoms with Gasteiger partial charge in [-0.3, -0.25) is 0 Å². The van der Waals surface area contributed by atoms with Crippen molar-refractivity contribution in [3.8, 4) is 0 Å². The van der Waals surface area contributed by atoms with Gasteiger partial charge < -0.3 is 16.5 Å². The second kappa shape index (κ2) is 3.26. The molecule has 74 valence electrons. The lowest BCUT2D eigenvalue weighted by atomic mass is 10.2. The van der Waals surface area contributed by atoms with E-state index in [-0.39, 0.29) is 5.92 Å². The second-order valence-electron chi connectivity index (χ2n) is 3.37. The summed E-state index contributed by atoms with van der Waals surface area (Å²) in [5, 5.41) is 0. The molecule has 0 spiro atoms. The maximum absolute atomic E-state index is 5.55. The summed E-state index contributed by atoms with van der Waals surface area (Å²) in [4.78, 5) is 11.6. The minimum Gasteiger partial charge on any atom is -0.384 e. The highest BCUT2D eigenvalue weighted by Crippen LogP contribution is 2.15. The Morgan fingerprint density at radius 3 is 2.93 bits per heavy atom. The lowest BCUT2D eigenvalue weighted by Crippen LogP contribution is -2.10. The Bertz CT molecular complexity index is 447. The van der Waals surface area contributed by atoms with Crippen LogP contribution in [0.1, 0.15) is 18.7 Å². The third-order valence-corrected chi connectivity index (χ3v) is 2.21. The first-order valence-corrected chi connectivity index (χ1v) is 4.53. The van der Waals surface area contributed by atoms with E-state index >= 15 is 0 Å². The molecule has 5 N–H and O–H groups in total. The third-order valence-electron chi connectivity index (χ3n) is 2.21. The van der Waals surface area contributed by atoms with Crippen molar-refractivity contribution in [2.45, 2.75) is 12.8 Å². The number of hydrogen-bond donors (Lipinski definition) is 3. The zero-order chi connectivity index (χ0) is 10.1. The predicted octanol–water partition coefficient (Wildman–Crippen LogP) is 0.602. The van der Waals surface area contributed by atoms with Crippen molar-refractivity contribution in [1.82, 2.24) is 15.0 Å². The number of imidazole rings is 1. The van der Waals surface area contributed by atoms with Crippen LogP contribution in [0.4, 0.5) is 5.82 Å². The number of aromatic nitrogens is 3. The van der Waals surface area contributed by atoms with Gasteiger partial charge in [-0.15, -0.1) is 0 Å². The molecule has 0 bridgehead atoms. The zero-order valence-corrected chi connectivity index (χ0v) is 7.99. The van der Waals surface area contributed by atoms with Crippen LogP contribution in [0.15, 0.2) is 12.1 Å². The van der Waals surface area contributed by atoms with Crippen LogP contribution >= 0.6 is 0 Å². The van der Waals surface area contributed by atoms with Crippen LogP contribution < -0.4 is 11.5 Å². The van der Waals surface area contributed by atoms with E-state index in [1.807, 2.05) is 13.0 Å². The summed E-state index contributed by atoms with van der Waals surface area (Å²) in [5.41, 5.74) is 12.7. The summed E-state index contributed by atoms with van der Waals surface area (Å²) in [6.07, 6.45) is 0. The normalized spacial score (nSPS) is 13.3. The Labute approximate surface area is 81.5 Å². The van der Waals surface area contributed by atoms with Crippen molar-refractivity contribution >= 4 is 17.0 Å². The molecule has 0 radical (unpaired) electrons. The van der Waals surface area contributed by atoms with Crippen LogP contribution in [0.5, 0.6) is 0 Å². The topological polar surface area (TPSA) is 93.6 Å². The average Bonchev–Trinajstić information content (AvgIpc) is 2.59. The molecular formula is C9H13N5. The SMILES string of the molecule is CC(CN)c1nc2nc(N)ccc2[nH]1. The molecule has 2 rings (SSSR count). The highest BCUT2D eigenvalue weighted by atomic mass is 15.0. The van der Waals surface area contributed by atoms with Crippen molar-refractivity contribution in [1.29, 1.82) is 0 Å². The highest BCUT2D eigenvalue weighted by Gasteiger charge is 2.09. The Balaban J connectivity index is 2.51. The van der Waals surface area contributed by atoms with Crippen LogP contribution in [0.3, 0.4) is 0 Å². The van der Waals surface area contributed by atoms with E-state index in [2.05, 4.69) is 15.0 Å². The molecule has 0 aliphatic heterocycles. The van der Waals surface area contributed by atoms with Crippen LogP contribution in [0, 0.1) is 0 Å². The third kappa shape index (κ3) is 1.42. The molecule has 0 amide bonds. The van der Waals surface area contributed by atoms with E-state index in [4.69, 9.17) is 11.5 Å². The predicted molar refractivity (Wildman–Crippen MR) is 55.8 cm³/mol. The van der Waals surface area contributed by atoms with E-state index in [9.17, 15) is 0 Å². The fraction of sp³-hybridized carbons (Fsp3) is 0.333. The van der Waals surface area contributed by atoms with E-state index < -0.39 is 0 Å². The number of hydrogen-bond acceptors (Lipinski definition) is 4. The molecule has 0 fully saturated rings. The molecule has 1 atom stereocenters. The molecule has 0 aliphatic carbocycles. The Hall–Kier alpha value is -1.62. The van der Waals surface area contributed by atoms with Gasteiger partial charge in [0.05, 0.1) is 5.52 Å². The highest BCUT2D eigenvalue weighted by molar-refractivity contribution is 5.72. The summed E-state index contributed by atoms with van der Waals surface area (Å²) in [6.45, 7) is 2.58. The minimum absolute atomic E-state index is 0.213. The van der Waals surface area contributed by atoms with Crippen molar-refractivity contribution in [3.05, 3.63) is 18.0 Å². The zero-order valence-electron chi connectivity index (χ0n) is 7.99. The Kier molecular flexibility index (Phi) is 2.09. The number of fused-ring (bicyclic) bond motifs is 1. The van der Waals surface area contributed by atoms with Gasteiger partial charge in [0.2, 0.25) is 0 Å². The summed E-state index contributed by atoms with van der Waals surface area (Å²) in [7, 11) is 0. The number of H-pyrrole nitrogens is 1. The molecule has 5 nitrogen and oxygen atoms in total. The van der Waals surface area contributed by atoms with Gasteiger partial charge in [0.15, 0.2) is 5.65 Å². The monoisotopic (exact) mass is 191 g/mol. The summed E-state index contributed by atoms with van der Waals surface area (Å²) >= 11 is 0. The standard InChI is InChI=1S/C9H13N5/c1-5(4-10)8-12-6-2-3-7(11)13-9(6)14-8/h2-3,5H,4,10H2,1H3,(H3,11,12,13,14). The quantitative estimate of drug-likeness (QED) is 0.648. The number of nitrogens with one attached hydrogen (secondary N) is 1. The number of anilines is 1. The van der Waals surface area contributed by atoms with E-state index in [0.717, 1.165) is 11.3 Å². The largest absolute Gasteiger partial charge is 0.384 e. The lowest BCUT2D eigenvalue weighted by Gasteiger charge is -2.01. The molecule has 0 saturated carbocycles. The maximum atomic E-state index is 5.55. The van der Waals surface area contributed by atoms with Gasteiger partial charge in [-0.2, -0.15) is 0 Å². The van der Waals surface area contributed by atoms with Crippen molar-refractivity contribution < 1.29 is 0 Å². The number of aromatic amines is 1. The van der Waals surface area contributed by atoms with E-state index in [0.29, 0.717) is 18.0 Å². The molecule has 2 heterocycles. The van der Waals surface area contributed by atoms with Crippen LogP contribution in [0.25, 0.3) is 11.2 Å². The minimum atomic E-state index is 0.213. The first-order valence-electron chi connectivity index (χ1n) is 4.53. The van der Waals surface area contributed by atoms with E-state index in [1.165, 1.54) is 0 Å². The first-order chi connectivity index (χ1) is 6.70. The summed E-state index contributed by atoms with van der Waals surface area (Å²) in [6, 6.07) is 3.62. The summed E-state index contributed by atoms with van der Waals surface area (Å²) in [5.74, 6) is 1.56. The van der Waals surface area contributed by atoms with E-state index in [1.54, 1.807) is 6.07 Å². The number of nitrogen functional groups attached to an aromatic ring is 1. The Morgan fingerprint density at radius 1 is 1.43 bits per heavy atom. The number of nitrogens with two attached hydrogens (primary N) is 2. The van der Waals surface area contributed by atoms with Crippen LogP contribution in [0.2, 0.25) is 0 Å². The molecule has 0 aliphatic rings. The summed E-state index contributed by atoms with van der Waals surface area (Å²) < 4.78 is 0. The van der Waals surface area contributed by atoms with Crippen molar-refractivity contribution in [2.75, 3.05) is 12.3 Å². The number of pyridine rings is 1. The molecule has 2 aromatic heterocycles.